The number of thioether (sulfide) groups is 1. The zero-order valence-corrected chi connectivity index (χ0v) is 19.9. The van der Waals surface area contributed by atoms with Crippen molar-refractivity contribution < 1.29 is 18.7 Å². The summed E-state index contributed by atoms with van der Waals surface area (Å²) >= 11 is 1.46. The number of fused-ring (bicyclic) bond motifs is 2. The molecule has 35 heavy (non-hydrogen) atoms. The number of ketones is 2. The van der Waals surface area contributed by atoms with Crippen LogP contribution in [0.15, 0.2) is 77.7 Å². The number of likely N-dealkylation sites (tertiary alicyclic amines) is 1. The Morgan fingerprint density at radius 1 is 0.857 bits per heavy atom. The highest BCUT2D eigenvalue weighted by Gasteiger charge is 2.46. The molecule has 0 amide bonds. The van der Waals surface area contributed by atoms with E-state index in [1.807, 2.05) is 54.6 Å². The number of piperidine rings is 1. The van der Waals surface area contributed by atoms with Crippen molar-refractivity contribution >= 4 is 29.1 Å². The van der Waals surface area contributed by atoms with E-state index in [0.29, 0.717) is 27.5 Å². The maximum atomic E-state index is 13.2. The van der Waals surface area contributed by atoms with Gasteiger partial charge in [0.05, 0.1) is 0 Å². The molecular weight excluding hydrogens is 461 g/mol. The Hall–Kier alpha value is -3.22. The summed E-state index contributed by atoms with van der Waals surface area (Å²) in [4.78, 5) is 28.5. The number of allylic oxidation sites excluding steroid dienone is 1. The van der Waals surface area contributed by atoms with Crippen LogP contribution in [-0.4, -0.2) is 40.9 Å². The van der Waals surface area contributed by atoms with Crippen molar-refractivity contribution in [3.8, 4) is 11.1 Å². The molecule has 176 valence electrons. The van der Waals surface area contributed by atoms with E-state index < -0.39 is 11.6 Å². The summed E-state index contributed by atoms with van der Waals surface area (Å²) in [5, 5.41) is 0. The monoisotopic (exact) mass is 485 g/mol. The molecule has 0 unspecified atom stereocenters. The number of halogens is 1. The van der Waals surface area contributed by atoms with Gasteiger partial charge in [0.1, 0.15) is 22.1 Å². The Labute approximate surface area is 207 Å². The fraction of sp³-hybridized carbons (Fsp3) is 0.241. The number of Topliss-reactive ketones (excluding diaryl/α,β-unsaturated/α-hetero) is 2. The largest absolute Gasteiger partial charge is 0.484 e. The van der Waals surface area contributed by atoms with Crippen LogP contribution in [0.4, 0.5) is 4.39 Å². The number of rotatable bonds is 3. The first-order chi connectivity index (χ1) is 17.0. The van der Waals surface area contributed by atoms with Gasteiger partial charge < -0.3 is 4.74 Å². The average Bonchev–Trinajstić information content (AvgIpc) is 2.90. The third kappa shape index (κ3) is 4.11. The van der Waals surface area contributed by atoms with E-state index in [0.717, 1.165) is 49.2 Å². The average molecular weight is 486 g/mol. The molecule has 0 saturated carbocycles. The topological polar surface area (TPSA) is 46.6 Å². The van der Waals surface area contributed by atoms with Gasteiger partial charge in [-0.05, 0) is 41.0 Å². The lowest BCUT2D eigenvalue weighted by atomic mass is 9.88. The molecule has 0 aromatic heterocycles. The van der Waals surface area contributed by atoms with Gasteiger partial charge >= 0.3 is 0 Å². The first-order valence-electron chi connectivity index (χ1n) is 11.8. The van der Waals surface area contributed by atoms with Crippen LogP contribution < -0.4 is 0 Å². The third-order valence-electron chi connectivity index (χ3n) is 7.12. The van der Waals surface area contributed by atoms with Crippen LogP contribution in [0.25, 0.3) is 16.9 Å². The SMILES string of the molecule is O=C1C(=O)c2ccc(-c3ccccc3)cc2C2=C1SCC1(CCN(Cc3ccc(F)cc3)CC1)O2. The smallest absolute Gasteiger partial charge is 0.243 e. The molecule has 0 N–H and O–H groups in total. The molecule has 3 aliphatic rings. The van der Waals surface area contributed by atoms with Crippen LogP contribution >= 0.6 is 11.8 Å². The molecule has 1 spiro atoms. The number of nitrogens with zero attached hydrogens (tertiary/aromatic N) is 1. The van der Waals surface area contributed by atoms with Gasteiger partial charge in [-0.25, -0.2) is 4.39 Å². The van der Waals surface area contributed by atoms with Gasteiger partial charge in [0.25, 0.3) is 0 Å². The minimum Gasteiger partial charge on any atom is -0.484 e. The summed E-state index contributed by atoms with van der Waals surface area (Å²) < 4.78 is 19.9. The fourth-order valence-corrected chi connectivity index (χ4v) is 6.35. The van der Waals surface area contributed by atoms with E-state index in [9.17, 15) is 14.0 Å². The van der Waals surface area contributed by atoms with E-state index in [1.165, 1.54) is 23.9 Å². The lowest BCUT2D eigenvalue weighted by Crippen LogP contribution is -2.49. The van der Waals surface area contributed by atoms with Crippen LogP contribution in [0.3, 0.4) is 0 Å². The second-order valence-electron chi connectivity index (χ2n) is 9.42. The Morgan fingerprint density at radius 2 is 1.60 bits per heavy atom. The molecule has 3 aromatic rings. The zero-order chi connectivity index (χ0) is 24.0. The number of hydrogen-bond donors (Lipinski definition) is 0. The maximum absolute atomic E-state index is 13.2. The normalized spacial score (nSPS) is 19.3. The van der Waals surface area contributed by atoms with E-state index in [2.05, 4.69) is 4.90 Å². The van der Waals surface area contributed by atoms with Crippen molar-refractivity contribution in [3.05, 3.63) is 100 Å². The van der Waals surface area contributed by atoms with E-state index in [-0.39, 0.29) is 11.4 Å². The Morgan fingerprint density at radius 3 is 2.34 bits per heavy atom. The molecule has 0 bridgehead atoms. The highest BCUT2D eigenvalue weighted by molar-refractivity contribution is 8.04. The molecule has 6 rings (SSSR count). The van der Waals surface area contributed by atoms with Crippen molar-refractivity contribution in [3.63, 3.8) is 0 Å². The molecule has 1 aliphatic carbocycles. The van der Waals surface area contributed by atoms with Crippen LogP contribution in [-0.2, 0) is 16.1 Å². The summed E-state index contributed by atoms with van der Waals surface area (Å²) in [6, 6.07) is 22.3. The van der Waals surface area contributed by atoms with Gasteiger partial charge in [-0.2, -0.15) is 0 Å². The second-order valence-corrected chi connectivity index (χ2v) is 10.4. The Kier molecular flexibility index (Phi) is 5.58. The van der Waals surface area contributed by atoms with Gasteiger partial charge in [-0.1, -0.05) is 48.5 Å². The van der Waals surface area contributed by atoms with Crippen molar-refractivity contribution in [1.82, 2.24) is 4.90 Å². The molecule has 1 fully saturated rings. The molecular formula is C29H24FNO3S. The van der Waals surface area contributed by atoms with Gasteiger partial charge in [0, 0.05) is 49.4 Å². The molecule has 4 nitrogen and oxygen atoms in total. The number of benzene rings is 3. The first kappa shape index (κ1) is 22.3. The van der Waals surface area contributed by atoms with Crippen LogP contribution in [0.1, 0.15) is 34.3 Å². The van der Waals surface area contributed by atoms with Gasteiger partial charge in [-0.3, -0.25) is 14.5 Å². The molecule has 0 radical (unpaired) electrons. The second kappa shape index (κ2) is 8.77. The molecule has 1 saturated heterocycles. The van der Waals surface area contributed by atoms with Gasteiger partial charge in [0.2, 0.25) is 11.6 Å². The minimum atomic E-state index is -0.464. The maximum Gasteiger partial charge on any atom is 0.243 e. The highest BCUT2D eigenvalue weighted by atomic mass is 32.2. The van der Waals surface area contributed by atoms with E-state index >= 15 is 0 Å². The zero-order valence-electron chi connectivity index (χ0n) is 19.1. The summed E-state index contributed by atoms with van der Waals surface area (Å²) in [5.41, 5.74) is 3.88. The van der Waals surface area contributed by atoms with Crippen molar-refractivity contribution in [2.75, 3.05) is 18.8 Å². The number of carbonyl (C=O) groups excluding carboxylic acids is 2. The van der Waals surface area contributed by atoms with Crippen LogP contribution in [0.5, 0.6) is 0 Å². The first-order valence-corrected chi connectivity index (χ1v) is 12.8. The van der Waals surface area contributed by atoms with E-state index in [1.54, 1.807) is 6.07 Å². The van der Waals surface area contributed by atoms with Crippen LogP contribution in [0, 0.1) is 5.82 Å². The summed E-state index contributed by atoms with van der Waals surface area (Å²) in [6.07, 6.45) is 1.65. The standard InChI is InChI=1S/C29H24FNO3S/c30-22-9-6-19(7-10-22)17-31-14-12-29(13-15-31)18-35-28-26(33)25(32)23-11-8-21(16-24(23)27(28)34-29)20-4-2-1-3-5-20/h1-11,16H,12-15,17-18H2. The fourth-order valence-electron chi connectivity index (χ4n) is 5.09. The molecule has 2 aliphatic heterocycles. The number of carbonyl (C=O) groups is 2. The highest BCUT2D eigenvalue weighted by Crippen LogP contribution is 2.48. The third-order valence-corrected chi connectivity index (χ3v) is 8.45. The summed E-state index contributed by atoms with van der Waals surface area (Å²) in [6.45, 7) is 2.47. The van der Waals surface area contributed by atoms with Crippen molar-refractivity contribution in [2.45, 2.75) is 25.0 Å². The lowest BCUT2D eigenvalue weighted by molar-refractivity contribution is -0.111. The molecule has 6 heteroatoms. The Bertz CT molecular complexity index is 1340. The summed E-state index contributed by atoms with van der Waals surface area (Å²) in [7, 11) is 0. The van der Waals surface area contributed by atoms with Gasteiger partial charge in [-0.15, -0.1) is 11.8 Å². The lowest BCUT2D eigenvalue weighted by Gasteiger charge is -2.45. The molecule has 3 aromatic carbocycles. The molecule has 2 heterocycles. The predicted molar refractivity (Wildman–Crippen MR) is 135 cm³/mol. The number of hydrogen-bond acceptors (Lipinski definition) is 5. The number of ether oxygens (including phenoxy) is 1. The quantitative estimate of drug-likeness (QED) is 0.444. The predicted octanol–water partition coefficient (Wildman–Crippen LogP) is 5.72. The minimum absolute atomic E-state index is 0.223. The van der Waals surface area contributed by atoms with E-state index in [4.69, 9.17) is 4.74 Å². The summed E-state index contributed by atoms with van der Waals surface area (Å²) in [5.74, 6) is 0.0705. The van der Waals surface area contributed by atoms with Gasteiger partial charge in [0.15, 0.2) is 0 Å². The van der Waals surface area contributed by atoms with Crippen molar-refractivity contribution in [1.29, 1.82) is 0 Å². The van der Waals surface area contributed by atoms with Crippen LogP contribution in [0.2, 0.25) is 0 Å². The molecule has 0 atom stereocenters. The van der Waals surface area contributed by atoms with Crippen molar-refractivity contribution in [2.24, 2.45) is 0 Å². The Balaban J connectivity index is 1.26.